The van der Waals surface area contributed by atoms with E-state index < -0.39 is 0 Å². The van der Waals surface area contributed by atoms with Crippen molar-refractivity contribution in [3.63, 3.8) is 0 Å². The van der Waals surface area contributed by atoms with Crippen molar-refractivity contribution in [1.82, 2.24) is 10.5 Å². The second kappa shape index (κ2) is 1.82. The molecule has 8 heavy (non-hydrogen) atoms. The molecule has 0 aliphatic carbocycles. The third-order valence-electron chi connectivity index (χ3n) is 0.931. The first-order chi connectivity index (χ1) is 3.84. The largest absolute Gasteiger partial charge is 0.234 e. The van der Waals surface area contributed by atoms with Crippen molar-refractivity contribution in [2.24, 2.45) is 5.84 Å². The number of allylic oxidation sites excluding steroid dienone is 1. The maximum Gasteiger partial charge on any atom is 0.144 e. The summed E-state index contributed by atoms with van der Waals surface area (Å²) in [5.41, 5.74) is 3.19. The Bertz CT molecular complexity index is 154. The van der Waals surface area contributed by atoms with Gasteiger partial charge in [0.1, 0.15) is 11.8 Å². The van der Waals surface area contributed by atoms with Crippen LogP contribution in [-0.2, 0) is 0 Å². The Kier molecular flexibility index (Phi) is 1.16. The van der Waals surface area contributed by atoms with Crippen LogP contribution in [0.25, 0.3) is 0 Å². The maximum absolute atomic E-state index is 8.26. The van der Waals surface area contributed by atoms with Crippen molar-refractivity contribution in [3.05, 3.63) is 11.8 Å². The highest BCUT2D eigenvalue weighted by molar-refractivity contribution is 5.20. The van der Waals surface area contributed by atoms with Crippen LogP contribution in [0.2, 0.25) is 0 Å². The lowest BCUT2D eigenvalue weighted by Gasteiger charge is -2.08. The molecular formula is C4H6N4. The van der Waals surface area contributed by atoms with E-state index in [0.717, 1.165) is 0 Å². The number of nitriles is 1. The van der Waals surface area contributed by atoms with Gasteiger partial charge in [-0.2, -0.15) is 5.26 Å². The minimum Gasteiger partial charge on any atom is -0.234 e. The smallest absolute Gasteiger partial charge is 0.144 e. The zero-order chi connectivity index (χ0) is 5.98. The summed E-state index contributed by atoms with van der Waals surface area (Å²) in [5.74, 6) is 5.22. The van der Waals surface area contributed by atoms with E-state index >= 15 is 0 Å². The number of hydrazine groups is 2. The summed E-state index contributed by atoms with van der Waals surface area (Å²) in [5, 5.41) is 9.46. The molecule has 42 valence electrons. The molecule has 4 nitrogen and oxygen atoms in total. The SMILES string of the molecule is N#CC1=CCNN1N. The normalized spacial score (nSPS) is 18.0. The molecule has 0 saturated carbocycles. The van der Waals surface area contributed by atoms with Crippen LogP contribution in [0.4, 0.5) is 0 Å². The van der Waals surface area contributed by atoms with Gasteiger partial charge in [0.05, 0.1) is 0 Å². The Labute approximate surface area is 47.1 Å². The summed E-state index contributed by atoms with van der Waals surface area (Å²) in [6, 6.07) is 1.91. The first-order valence-electron chi connectivity index (χ1n) is 2.23. The van der Waals surface area contributed by atoms with Crippen molar-refractivity contribution in [2.45, 2.75) is 0 Å². The van der Waals surface area contributed by atoms with Crippen LogP contribution in [0.5, 0.6) is 0 Å². The summed E-state index contributed by atoms with van der Waals surface area (Å²) < 4.78 is 0. The lowest BCUT2D eigenvalue weighted by molar-refractivity contribution is 0.303. The molecule has 0 amide bonds. The van der Waals surface area contributed by atoms with Crippen molar-refractivity contribution < 1.29 is 0 Å². The highest BCUT2D eigenvalue weighted by Crippen LogP contribution is 1.97. The molecule has 3 N–H and O–H groups in total. The van der Waals surface area contributed by atoms with Crippen LogP contribution >= 0.6 is 0 Å². The molecular weight excluding hydrogens is 104 g/mol. The van der Waals surface area contributed by atoms with Gasteiger partial charge >= 0.3 is 0 Å². The molecule has 0 aromatic rings. The lowest BCUT2D eigenvalue weighted by atomic mass is 10.5. The van der Waals surface area contributed by atoms with Crippen molar-refractivity contribution >= 4 is 0 Å². The minimum atomic E-state index is 0.477. The maximum atomic E-state index is 8.26. The Hall–Kier alpha value is -1.05. The molecule has 1 heterocycles. The summed E-state index contributed by atoms with van der Waals surface area (Å²) in [4.78, 5) is 0. The van der Waals surface area contributed by atoms with Gasteiger partial charge in [-0.15, -0.1) is 0 Å². The summed E-state index contributed by atoms with van der Waals surface area (Å²) in [7, 11) is 0. The zero-order valence-electron chi connectivity index (χ0n) is 4.26. The van der Waals surface area contributed by atoms with E-state index in [4.69, 9.17) is 11.1 Å². The fraction of sp³-hybridized carbons (Fsp3) is 0.250. The minimum absolute atomic E-state index is 0.477. The third kappa shape index (κ3) is 0.644. The van der Waals surface area contributed by atoms with Crippen molar-refractivity contribution in [3.8, 4) is 6.07 Å². The molecule has 0 bridgehead atoms. The second-order valence-electron chi connectivity index (χ2n) is 1.43. The van der Waals surface area contributed by atoms with Crippen LogP contribution < -0.4 is 11.3 Å². The predicted octanol–water partition coefficient (Wildman–Crippen LogP) is -0.912. The molecule has 1 rings (SSSR count). The van der Waals surface area contributed by atoms with Crippen molar-refractivity contribution in [1.29, 1.82) is 5.26 Å². The first-order valence-corrected chi connectivity index (χ1v) is 2.23. The first kappa shape index (κ1) is 5.09. The van der Waals surface area contributed by atoms with E-state index in [2.05, 4.69) is 5.43 Å². The molecule has 0 radical (unpaired) electrons. The van der Waals surface area contributed by atoms with Gasteiger partial charge in [-0.3, -0.25) is 0 Å². The molecule has 0 unspecified atom stereocenters. The average molecular weight is 110 g/mol. The van der Waals surface area contributed by atoms with Gasteiger partial charge < -0.3 is 0 Å². The monoisotopic (exact) mass is 110 g/mol. The molecule has 0 aromatic carbocycles. The van der Waals surface area contributed by atoms with Crippen molar-refractivity contribution in [2.75, 3.05) is 6.54 Å². The van der Waals surface area contributed by atoms with Gasteiger partial charge in [-0.25, -0.2) is 16.4 Å². The summed E-state index contributed by atoms with van der Waals surface area (Å²) in [6.45, 7) is 0.652. The zero-order valence-corrected chi connectivity index (χ0v) is 4.26. The Morgan fingerprint density at radius 1 is 2.00 bits per heavy atom. The van der Waals surface area contributed by atoms with Crippen LogP contribution in [0.1, 0.15) is 0 Å². The third-order valence-corrected chi connectivity index (χ3v) is 0.931. The van der Waals surface area contributed by atoms with Crippen LogP contribution in [-0.4, -0.2) is 11.7 Å². The molecule has 1 aliphatic heterocycles. The van der Waals surface area contributed by atoms with Crippen LogP contribution in [0.15, 0.2) is 11.8 Å². The topological polar surface area (TPSA) is 65.1 Å². The van der Waals surface area contributed by atoms with E-state index in [-0.39, 0.29) is 0 Å². The number of rotatable bonds is 0. The quantitative estimate of drug-likeness (QED) is 0.396. The second-order valence-corrected chi connectivity index (χ2v) is 1.43. The molecule has 0 aromatic heterocycles. The van der Waals surface area contributed by atoms with E-state index in [1.165, 1.54) is 5.12 Å². The molecule has 1 aliphatic rings. The number of nitrogens with one attached hydrogen (secondary N) is 1. The van der Waals surface area contributed by atoms with Crippen LogP contribution in [0, 0.1) is 11.3 Å². The highest BCUT2D eigenvalue weighted by atomic mass is 15.7. The van der Waals surface area contributed by atoms with Crippen LogP contribution in [0.3, 0.4) is 0 Å². The number of hydrogen-bond acceptors (Lipinski definition) is 4. The van der Waals surface area contributed by atoms with Gasteiger partial charge in [-0.05, 0) is 6.08 Å². The van der Waals surface area contributed by atoms with E-state index in [1.807, 2.05) is 6.07 Å². The predicted molar refractivity (Wildman–Crippen MR) is 27.7 cm³/mol. The van der Waals surface area contributed by atoms with Gasteiger partial charge in [0.15, 0.2) is 0 Å². The molecule has 4 heteroatoms. The standard InChI is InChI=1S/C4H6N4/c5-3-4-1-2-7-8(4)6/h1,7H,2,6H2. The molecule has 0 spiro atoms. The molecule has 0 fully saturated rings. The Morgan fingerprint density at radius 3 is 3.00 bits per heavy atom. The number of hydrogen-bond donors (Lipinski definition) is 2. The highest BCUT2D eigenvalue weighted by Gasteiger charge is 2.07. The molecule has 0 saturated heterocycles. The number of nitrogens with two attached hydrogens (primary N) is 1. The van der Waals surface area contributed by atoms with E-state index in [1.54, 1.807) is 6.08 Å². The fourth-order valence-corrected chi connectivity index (χ4v) is 0.524. The average Bonchev–Trinajstić information content (AvgIpc) is 2.14. The summed E-state index contributed by atoms with van der Waals surface area (Å²) in [6.07, 6.45) is 1.72. The Balaban J connectivity index is 2.66. The number of nitrogens with zero attached hydrogens (tertiary/aromatic N) is 2. The lowest BCUT2D eigenvalue weighted by Crippen LogP contribution is -2.37. The molecule has 0 atom stereocenters. The van der Waals surface area contributed by atoms with Gasteiger partial charge in [-0.1, -0.05) is 0 Å². The summed E-state index contributed by atoms with van der Waals surface area (Å²) >= 11 is 0. The van der Waals surface area contributed by atoms with Gasteiger partial charge in [0, 0.05) is 6.54 Å². The van der Waals surface area contributed by atoms with Gasteiger partial charge in [0.2, 0.25) is 0 Å². The van der Waals surface area contributed by atoms with E-state index in [9.17, 15) is 0 Å². The Morgan fingerprint density at radius 2 is 2.75 bits per heavy atom. The van der Waals surface area contributed by atoms with Gasteiger partial charge in [0.25, 0.3) is 0 Å². The van der Waals surface area contributed by atoms with E-state index in [0.29, 0.717) is 12.2 Å². The fourth-order valence-electron chi connectivity index (χ4n) is 0.524.